The van der Waals surface area contributed by atoms with E-state index in [0.717, 1.165) is 17.9 Å². The number of aromatic nitrogens is 2. The number of benzene rings is 2. The minimum atomic E-state index is -0.275. The van der Waals surface area contributed by atoms with E-state index in [1.54, 1.807) is 6.20 Å². The van der Waals surface area contributed by atoms with Crippen molar-refractivity contribution < 1.29 is 4.79 Å². The van der Waals surface area contributed by atoms with Gasteiger partial charge in [0, 0.05) is 17.9 Å². The molecule has 120 valence electrons. The van der Waals surface area contributed by atoms with E-state index < -0.39 is 0 Å². The summed E-state index contributed by atoms with van der Waals surface area (Å²) in [6, 6.07) is 19.2. The predicted octanol–water partition coefficient (Wildman–Crippen LogP) is 3.89. The van der Waals surface area contributed by atoms with Crippen molar-refractivity contribution in [1.82, 2.24) is 9.97 Å². The van der Waals surface area contributed by atoms with E-state index in [1.165, 1.54) is 6.20 Å². The average Bonchev–Trinajstić information content (AvgIpc) is 2.65. The highest BCUT2D eigenvalue weighted by molar-refractivity contribution is 6.02. The quantitative estimate of drug-likeness (QED) is 0.775. The van der Waals surface area contributed by atoms with E-state index in [0.29, 0.717) is 5.82 Å². The van der Waals surface area contributed by atoms with Crippen LogP contribution in [-0.2, 0) is 0 Å². The smallest absolute Gasteiger partial charge is 0.275 e. The Morgan fingerprint density at radius 3 is 2.21 bits per heavy atom. The summed E-state index contributed by atoms with van der Waals surface area (Å²) in [5.74, 6) is 0.433. The fourth-order valence-electron chi connectivity index (χ4n) is 2.38. The molecule has 3 aromatic rings. The first kappa shape index (κ1) is 15.7. The molecule has 0 spiro atoms. The van der Waals surface area contributed by atoms with Crippen LogP contribution in [0.4, 0.5) is 17.2 Å². The zero-order chi connectivity index (χ0) is 16.8. The first-order chi connectivity index (χ1) is 11.8. The topological polar surface area (TPSA) is 58.1 Å². The standard InChI is InChI=1S/C19H18N4O/c1-2-23(16-11-7-4-8-12-16)18-14-20-17(13-21-18)19(24)22-15-9-5-3-6-10-15/h3-14H,2H2,1H3,(H,22,24). The van der Waals surface area contributed by atoms with Crippen molar-refractivity contribution in [3.63, 3.8) is 0 Å². The maximum Gasteiger partial charge on any atom is 0.275 e. The van der Waals surface area contributed by atoms with E-state index in [9.17, 15) is 4.79 Å². The Labute approximate surface area is 141 Å². The van der Waals surface area contributed by atoms with Gasteiger partial charge in [-0.3, -0.25) is 4.79 Å². The number of nitrogens with one attached hydrogen (secondary N) is 1. The molecule has 0 unspecified atom stereocenters. The monoisotopic (exact) mass is 318 g/mol. The van der Waals surface area contributed by atoms with E-state index in [4.69, 9.17) is 0 Å². The number of rotatable bonds is 5. The highest BCUT2D eigenvalue weighted by atomic mass is 16.1. The molecule has 1 amide bonds. The zero-order valence-corrected chi connectivity index (χ0v) is 13.4. The van der Waals surface area contributed by atoms with Gasteiger partial charge in [-0.2, -0.15) is 0 Å². The molecule has 0 radical (unpaired) electrons. The largest absolute Gasteiger partial charge is 0.325 e. The molecule has 0 atom stereocenters. The van der Waals surface area contributed by atoms with Crippen molar-refractivity contribution >= 4 is 23.1 Å². The van der Waals surface area contributed by atoms with Crippen molar-refractivity contribution in [2.45, 2.75) is 6.92 Å². The Balaban J connectivity index is 1.76. The Kier molecular flexibility index (Phi) is 4.81. The summed E-state index contributed by atoms with van der Waals surface area (Å²) in [5, 5.41) is 2.80. The Hall–Kier alpha value is -3.21. The third-order valence-electron chi connectivity index (χ3n) is 3.56. The molecule has 0 bridgehead atoms. The highest BCUT2D eigenvalue weighted by Gasteiger charge is 2.12. The van der Waals surface area contributed by atoms with E-state index in [1.807, 2.05) is 72.5 Å². The van der Waals surface area contributed by atoms with Gasteiger partial charge in [-0.05, 0) is 31.2 Å². The number of para-hydroxylation sites is 2. The van der Waals surface area contributed by atoms with Crippen LogP contribution in [0.1, 0.15) is 17.4 Å². The summed E-state index contributed by atoms with van der Waals surface area (Å²) in [6.07, 6.45) is 3.12. The molecule has 3 rings (SSSR count). The Morgan fingerprint density at radius 1 is 0.958 bits per heavy atom. The summed E-state index contributed by atoms with van der Waals surface area (Å²) >= 11 is 0. The molecule has 24 heavy (non-hydrogen) atoms. The zero-order valence-electron chi connectivity index (χ0n) is 13.4. The Morgan fingerprint density at radius 2 is 1.62 bits per heavy atom. The number of hydrogen-bond donors (Lipinski definition) is 1. The lowest BCUT2D eigenvalue weighted by molar-refractivity contribution is 0.102. The second-order valence-corrected chi connectivity index (χ2v) is 5.16. The molecule has 0 aliphatic carbocycles. The van der Waals surface area contributed by atoms with Gasteiger partial charge in [-0.25, -0.2) is 9.97 Å². The molecule has 1 aromatic heterocycles. The van der Waals surface area contributed by atoms with Crippen molar-refractivity contribution in [1.29, 1.82) is 0 Å². The molecule has 0 aliphatic rings. The molecule has 1 heterocycles. The lowest BCUT2D eigenvalue weighted by Gasteiger charge is -2.21. The number of carbonyl (C=O) groups excluding carboxylic acids is 1. The number of nitrogens with zero attached hydrogens (tertiary/aromatic N) is 3. The summed E-state index contributed by atoms with van der Waals surface area (Å²) < 4.78 is 0. The molecule has 5 nitrogen and oxygen atoms in total. The summed E-state index contributed by atoms with van der Waals surface area (Å²) in [6.45, 7) is 2.80. The molecule has 5 heteroatoms. The average molecular weight is 318 g/mol. The molecule has 1 N–H and O–H groups in total. The molecule has 0 saturated heterocycles. The Bertz CT molecular complexity index is 789. The van der Waals surface area contributed by atoms with E-state index in [2.05, 4.69) is 15.3 Å². The van der Waals surface area contributed by atoms with Crippen molar-refractivity contribution in [3.8, 4) is 0 Å². The summed E-state index contributed by atoms with van der Waals surface area (Å²) in [7, 11) is 0. The van der Waals surface area contributed by atoms with Crippen LogP contribution in [0.25, 0.3) is 0 Å². The molecule has 2 aromatic carbocycles. The number of carbonyl (C=O) groups is 1. The van der Waals surface area contributed by atoms with Gasteiger partial charge < -0.3 is 10.2 Å². The van der Waals surface area contributed by atoms with Crippen molar-refractivity contribution in [2.75, 3.05) is 16.8 Å². The molecular formula is C19H18N4O. The first-order valence-corrected chi connectivity index (χ1v) is 7.79. The van der Waals surface area contributed by atoms with Gasteiger partial charge in [-0.1, -0.05) is 36.4 Å². The second kappa shape index (κ2) is 7.37. The van der Waals surface area contributed by atoms with Gasteiger partial charge in [-0.15, -0.1) is 0 Å². The van der Waals surface area contributed by atoms with E-state index in [-0.39, 0.29) is 11.6 Å². The number of anilines is 3. The van der Waals surface area contributed by atoms with Gasteiger partial charge in [0.1, 0.15) is 5.69 Å². The maximum atomic E-state index is 12.2. The normalized spacial score (nSPS) is 10.2. The fraction of sp³-hybridized carbons (Fsp3) is 0.105. The number of hydrogen-bond acceptors (Lipinski definition) is 4. The van der Waals surface area contributed by atoms with Crippen molar-refractivity contribution in [2.24, 2.45) is 0 Å². The third kappa shape index (κ3) is 3.57. The molecule has 0 aliphatic heterocycles. The van der Waals surface area contributed by atoms with Crippen molar-refractivity contribution in [3.05, 3.63) is 78.8 Å². The van der Waals surface area contributed by atoms with Crippen LogP contribution in [0.15, 0.2) is 73.1 Å². The van der Waals surface area contributed by atoms with Crippen LogP contribution in [0.2, 0.25) is 0 Å². The van der Waals surface area contributed by atoms with Crippen LogP contribution < -0.4 is 10.2 Å². The fourth-order valence-corrected chi connectivity index (χ4v) is 2.38. The maximum absolute atomic E-state index is 12.2. The van der Waals surface area contributed by atoms with Crippen LogP contribution >= 0.6 is 0 Å². The first-order valence-electron chi connectivity index (χ1n) is 7.79. The molecular weight excluding hydrogens is 300 g/mol. The number of amides is 1. The lowest BCUT2D eigenvalue weighted by atomic mass is 10.3. The third-order valence-corrected chi connectivity index (χ3v) is 3.56. The minimum absolute atomic E-state index is 0.275. The van der Waals surface area contributed by atoms with Gasteiger partial charge in [0.05, 0.1) is 12.4 Å². The highest BCUT2D eigenvalue weighted by Crippen LogP contribution is 2.22. The van der Waals surface area contributed by atoms with Gasteiger partial charge in [0.15, 0.2) is 5.82 Å². The van der Waals surface area contributed by atoms with Crippen LogP contribution in [0.3, 0.4) is 0 Å². The predicted molar refractivity (Wildman–Crippen MR) is 95.5 cm³/mol. The molecule has 0 fully saturated rings. The van der Waals surface area contributed by atoms with Crippen LogP contribution in [0, 0.1) is 0 Å². The SMILES string of the molecule is CCN(c1ccccc1)c1cnc(C(=O)Nc2ccccc2)cn1. The summed E-state index contributed by atoms with van der Waals surface area (Å²) in [5.41, 5.74) is 2.05. The van der Waals surface area contributed by atoms with Gasteiger partial charge in [0.2, 0.25) is 0 Å². The lowest BCUT2D eigenvalue weighted by Crippen LogP contribution is -2.19. The van der Waals surface area contributed by atoms with Gasteiger partial charge in [0.25, 0.3) is 5.91 Å². The second-order valence-electron chi connectivity index (χ2n) is 5.16. The van der Waals surface area contributed by atoms with Crippen LogP contribution in [0.5, 0.6) is 0 Å². The molecule has 0 saturated carbocycles. The van der Waals surface area contributed by atoms with Gasteiger partial charge >= 0.3 is 0 Å². The van der Waals surface area contributed by atoms with E-state index >= 15 is 0 Å². The minimum Gasteiger partial charge on any atom is -0.325 e. The van der Waals surface area contributed by atoms with Crippen LogP contribution in [-0.4, -0.2) is 22.4 Å². The summed E-state index contributed by atoms with van der Waals surface area (Å²) in [4.78, 5) is 22.9.